The highest BCUT2D eigenvalue weighted by Gasteiger charge is 2.16. The van der Waals surface area contributed by atoms with Gasteiger partial charge in [0.1, 0.15) is 12.4 Å². The summed E-state index contributed by atoms with van der Waals surface area (Å²) in [6.07, 6.45) is -0.822. The van der Waals surface area contributed by atoms with Crippen molar-refractivity contribution in [2.75, 3.05) is 6.54 Å². The molecule has 3 N–H and O–H groups in total. The number of carboxylic acids is 1. The molecule has 0 bridgehead atoms. The summed E-state index contributed by atoms with van der Waals surface area (Å²) in [5.74, 6) is -0.629. The molecule has 0 aliphatic carbocycles. The molecule has 25 heavy (non-hydrogen) atoms. The van der Waals surface area contributed by atoms with Gasteiger partial charge in [0.15, 0.2) is 0 Å². The minimum Gasteiger partial charge on any atom is -0.489 e. The second kappa shape index (κ2) is 8.14. The van der Waals surface area contributed by atoms with Crippen molar-refractivity contribution in [2.45, 2.75) is 39.0 Å². The molecule has 2 rings (SSSR count). The van der Waals surface area contributed by atoms with E-state index in [0.717, 1.165) is 5.56 Å². The molecule has 5 heteroatoms. The highest BCUT2D eigenvalue weighted by atomic mass is 16.5. The van der Waals surface area contributed by atoms with Gasteiger partial charge in [-0.15, -0.1) is 0 Å². The largest absolute Gasteiger partial charge is 0.489 e. The van der Waals surface area contributed by atoms with Gasteiger partial charge < -0.3 is 20.3 Å². The van der Waals surface area contributed by atoms with Crippen LogP contribution in [0, 0.1) is 0 Å². The van der Waals surface area contributed by atoms with Gasteiger partial charge in [0.05, 0.1) is 11.7 Å². The number of nitrogens with one attached hydrogen (secondary N) is 1. The summed E-state index contributed by atoms with van der Waals surface area (Å²) in [4.78, 5) is 11.4. The molecule has 0 heterocycles. The number of carbonyl (C=O) groups is 1. The first-order valence-corrected chi connectivity index (χ1v) is 8.23. The van der Waals surface area contributed by atoms with E-state index < -0.39 is 12.1 Å². The zero-order valence-electron chi connectivity index (χ0n) is 14.8. The molecule has 0 aliphatic heterocycles. The molecule has 5 nitrogen and oxygen atoms in total. The number of ether oxygens (including phenoxy) is 1. The monoisotopic (exact) mass is 343 g/mol. The van der Waals surface area contributed by atoms with Crippen LogP contribution in [0.1, 0.15) is 48.4 Å². The third-order valence-corrected chi connectivity index (χ3v) is 3.63. The van der Waals surface area contributed by atoms with Crippen molar-refractivity contribution >= 4 is 5.97 Å². The van der Waals surface area contributed by atoms with Crippen molar-refractivity contribution in [3.63, 3.8) is 0 Å². The average molecular weight is 343 g/mol. The standard InChI is InChI=1S/C20H25NO4/c1-20(2,3)21-12-18(22)15-9-16(19(23)24)11-17(10-15)25-13-14-7-5-4-6-8-14/h4-11,18,21-22H,12-13H2,1-3H3,(H,23,24)/t18-/m0/s1. The van der Waals surface area contributed by atoms with Crippen molar-refractivity contribution < 1.29 is 19.7 Å². The van der Waals surface area contributed by atoms with Gasteiger partial charge in [0.2, 0.25) is 0 Å². The molecule has 0 aromatic heterocycles. The lowest BCUT2D eigenvalue weighted by molar-refractivity contribution is 0.0695. The predicted octanol–water partition coefficient (Wildman–Crippen LogP) is 3.39. The Labute approximate surface area is 148 Å². The van der Waals surface area contributed by atoms with Crippen molar-refractivity contribution in [2.24, 2.45) is 0 Å². The van der Waals surface area contributed by atoms with E-state index in [2.05, 4.69) is 5.32 Å². The fraction of sp³-hybridized carbons (Fsp3) is 0.350. The molecule has 0 amide bonds. The molecule has 134 valence electrons. The van der Waals surface area contributed by atoms with Crippen molar-refractivity contribution in [1.29, 1.82) is 0 Å². The summed E-state index contributed by atoms with van der Waals surface area (Å²) in [5.41, 5.74) is 1.45. The normalized spacial score (nSPS) is 12.6. The summed E-state index contributed by atoms with van der Waals surface area (Å²) >= 11 is 0. The van der Waals surface area contributed by atoms with Crippen molar-refractivity contribution in [3.8, 4) is 5.75 Å². The summed E-state index contributed by atoms with van der Waals surface area (Å²) < 4.78 is 5.72. The Hall–Kier alpha value is -2.37. The molecular weight excluding hydrogens is 318 g/mol. The topological polar surface area (TPSA) is 78.8 Å². The molecule has 2 aromatic carbocycles. The van der Waals surface area contributed by atoms with Crippen LogP contribution in [0.2, 0.25) is 0 Å². The van der Waals surface area contributed by atoms with E-state index in [-0.39, 0.29) is 11.1 Å². The molecule has 0 aliphatic rings. The van der Waals surface area contributed by atoms with Gasteiger partial charge in [-0.05, 0) is 50.1 Å². The number of hydrogen-bond acceptors (Lipinski definition) is 4. The fourth-order valence-electron chi connectivity index (χ4n) is 2.28. The Morgan fingerprint density at radius 3 is 2.44 bits per heavy atom. The van der Waals surface area contributed by atoms with Crippen LogP contribution in [-0.4, -0.2) is 28.3 Å². The molecule has 0 unspecified atom stereocenters. The third kappa shape index (κ3) is 6.21. The first kappa shape index (κ1) is 19.0. The van der Waals surface area contributed by atoms with Crippen LogP contribution in [-0.2, 0) is 6.61 Å². The Kier molecular flexibility index (Phi) is 6.17. The third-order valence-electron chi connectivity index (χ3n) is 3.63. The Balaban J connectivity index is 2.16. The second-order valence-corrected chi connectivity index (χ2v) is 7.02. The maximum atomic E-state index is 11.4. The SMILES string of the molecule is CC(C)(C)NC[C@H](O)c1cc(OCc2ccccc2)cc(C(=O)O)c1. The quantitative estimate of drug-likeness (QED) is 0.718. The molecule has 2 aromatic rings. The van der Waals surface area contributed by atoms with Gasteiger partial charge in [0.25, 0.3) is 0 Å². The van der Waals surface area contributed by atoms with E-state index in [1.54, 1.807) is 6.07 Å². The average Bonchev–Trinajstić information content (AvgIpc) is 2.57. The molecule has 0 fully saturated rings. The van der Waals surface area contributed by atoms with Crippen LogP contribution < -0.4 is 10.1 Å². The smallest absolute Gasteiger partial charge is 0.335 e. The molecule has 0 spiro atoms. The lowest BCUT2D eigenvalue weighted by Gasteiger charge is -2.23. The fourth-order valence-corrected chi connectivity index (χ4v) is 2.28. The Morgan fingerprint density at radius 1 is 1.16 bits per heavy atom. The summed E-state index contributed by atoms with van der Waals surface area (Å²) in [7, 11) is 0. The van der Waals surface area contributed by atoms with Gasteiger partial charge in [-0.1, -0.05) is 30.3 Å². The van der Waals surface area contributed by atoms with Gasteiger partial charge in [-0.3, -0.25) is 0 Å². The zero-order valence-corrected chi connectivity index (χ0v) is 14.8. The maximum Gasteiger partial charge on any atom is 0.335 e. The number of aliphatic hydroxyl groups is 1. The van der Waals surface area contributed by atoms with Gasteiger partial charge in [-0.2, -0.15) is 0 Å². The predicted molar refractivity (Wildman–Crippen MR) is 96.9 cm³/mol. The molecule has 0 saturated heterocycles. The minimum absolute atomic E-state index is 0.0929. The molecule has 0 saturated carbocycles. The molecular formula is C20H25NO4. The van der Waals surface area contributed by atoms with E-state index >= 15 is 0 Å². The van der Waals surface area contributed by atoms with E-state index in [4.69, 9.17) is 4.74 Å². The highest BCUT2D eigenvalue weighted by molar-refractivity contribution is 5.88. The maximum absolute atomic E-state index is 11.4. The Morgan fingerprint density at radius 2 is 1.84 bits per heavy atom. The number of benzene rings is 2. The van der Waals surface area contributed by atoms with E-state index in [1.165, 1.54) is 12.1 Å². The number of rotatable bonds is 7. The lowest BCUT2D eigenvalue weighted by atomic mass is 10.0. The first-order chi connectivity index (χ1) is 11.7. The summed E-state index contributed by atoms with van der Waals surface area (Å²) in [6, 6.07) is 14.3. The van der Waals surface area contributed by atoms with Crippen LogP contribution in [0.5, 0.6) is 5.75 Å². The van der Waals surface area contributed by atoms with Crippen LogP contribution in [0.4, 0.5) is 0 Å². The van der Waals surface area contributed by atoms with Crippen LogP contribution in [0.15, 0.2) is 48.5 Å². The lowest BCUT2D eigenvalue weighted by Crippen LogP contribution is -2.38. The number of aliphatic hydroxyl groups excluding tert-OH is 1. The number of hydrogen-bond donors (Lipinski definition) is 3. The number of β-amino-alcohol motifs (C(OH)–C–C–N with tert-alkyl or cyclic N) is 1. The Bertz CT molecular complexity index is 707. The summed E-state index contributed by atoms with van der Waals surface area (Å²) in [5, 5.41) is 22.9. The zero-order chi connectivity index (χ0) is 18.4. The van der Waals surface area contributed by atoms with Crippen molar-refractivity contribution in [3.05, 3.63) is 65.2 Å². The van der Waals surface area contributed by atoms with Crippen LogP contribution in [0.25, 0.3) is 0 Å². The van der Waals surface area contributed by atoms with E-state index in [1.807, 2.05) is 51.1 Å². The summed E-state index contributed by atoms with van der Waals surface area (Å²) in [6.45, 7) is 6.66. The van der Waals surface area contributed by atoms with E-state index in [0.29, 0.717) is 24.5 Å². The highest BCUT2D eigenvalue weighted by Crippen LogP contribution is 2.23. The first-order valence-electron chi connectivity index (χ1n) is 8.23. The minimum atomic E-state index is -1.05. The van der Waals surface area contributed by atoms with Gasteiger partial charge in [0, 0.05) is 12.1 Å². The second-order valence-electron chi connectivity index (χ2n) is 7.02. The molecule has 1 atom stereocenters. The van der Waals surface area contributed by atoms with Crippen LogP contribution >= 0.6 is 0 Å². The van der Waals surface area contributed by atoms with Gasteiger partial charge in [-0.25, -0.2) is 4.79 Å². The number of carboxylic acid groups (broad SMARTS) is 1. The van der Waals surface area contributed by atoms with E-state index in [9.17, 15) is 15.0 Å². The van der Waals surface area contributed by atoms with Crippen LogP contribution in [0.3, 0.4) is 0 Å². The molecule has 0 radical (unpaired) electrons. The number of aromatic carboxylic acids is 1. The van der Waals surface area contributed by atoms with Gasteiger partial charge >= 0.3 is 5.97 Å². The van der Waals surface area contributed by atoms with Crippen molar-refractivity contribution in [1.82, 2.24) is 5.32 Å².